The van der Waals surface area contributed by atoms with Gasteiger partial charge in [0.15, 0.2) is 17.3 Å². The van der Waals surface area contributed by atoms with Gasteiger partial charge in [-0.05, 0) is 24.1 Å². The molecule has 0 aromatic heterocycles. The van der Waals surface area contributed by atoms with E-state index in [-0.39, 0.29) is 22.8 Å². The molecule has 0 atom stereocenters. The minimum absolute atomic E-state index is 0.162. The lowest BCUT2D eigenvalue weighted by molar-refractivity contribution is 0.0980. The number of benzene rings is 4. The number of hydrogen-bond donors (Lipinski definition) is 2. The Hall–Kier alpha value is -4.38. The van der Waals surface area contributed by atoms with Gasteiger partial charge in [-0.25, -0.2) is 0 Å². The Morgan fingerprint density at radius 3 is 1.97 bits per heavy atom. The number of carbonyl (C=O) groups is 2. The normalized spacial score (nSPS) is 12.1. The van der Waals surface area contributed by atoms with Crippen molar-refractivity contribution < 1.29 is 14.3 Å². The molecule has 0 saturated carbocycles. The third kappa shape index (κ3) is 3.85. The molecule has 4 aromatic rings. The van der Waals surface area contributed by atoms with Gasteiger partial charge in [-0.15, -0.1) is 0 Å². The van der Waals surface area contributed by atoms with Gasteiger partial charge in [0.2, 0.25) is 0 Å². The number of nitrogen functional groups attached to an aromatic ring is 1. The zero-order chi connectivity index (χ0) is 22.8. The van der Waals surface area contributed by atoms with Crippen LogP contribution in [0.2, 0.25) is 0 Å². The maximum absolute atomic E-state index is 13.4. The largest absolute Gasteiger partial charge is 0.455 e. The highest BCUT2D eigenvalue weighted by atomic mass is 16.5. The minimum atomic E-state index is -0.276. The third-order valence-electron chi connectivity index (χ3n) is 5.74. The Morgan fingerprint density at radius 2 is 1.30 bits per heavy atom. The summed E-state index contributed by atoms with van der Waals surface area (Å²) in [5.74, 6) is 0.430. The second kappa shape index (κ2) is 8.63. The summed E-state index contributed by atoms with van der Waals surface area (Å²) >= 11 is 0. The van der Waals surface area contributed by atoms with Crippen molar-refractivity contribution in [1.82, 2.24) is 0 Å². The first-order chi connectivity index (χ1) is 16.1. The molecule has 3 N–H and O–H groups in total. The van der Waals surface area contributed by atoms with E-state index in [1.165, 1.54) is 5.56 Å². The molecule has 0 aliphatic heterocycles. The summed E-state index contributed by atoms with van der Waals surface area (Å²) in [6.45, 7) is 0.578. The van der Waals surface area contributed by atoms with Gasteiger partial charge in [0.05, 0.1) is 16.8 Å². The molecular formula is C28H22N2O3. The molecule has 5 rings (SSSR count). The fraction of sp³-hybridized carbons (Fsp3) is 0.0714. The molecule has 162 valence electrons. The molecule has 0 fully saturated rings. The van der Waals surface area contributed by atoms with Crippen LogP contribution in [0.1, 0.15) is 37.4 Å². The molecular weight excluding hydrogens is 412 g/mol. The van der Waals surface area contributed by atoms with Crippen LogP contribution >= 0.6 is 0 Å². The van der Waals surface area contributed by atoms with Crippen LogP contribution in [0.25, 0.3) is 0 Å². The van der Waals surface area contributed by atoms with Crippen LogP contribution in [0.15, 0.2) is 91.0 Å². The maximum Gasteiger partial charge on any atom is 0.196 e. The Bertz CT molecular complexity index is 1350. The van der Waals surface area contributed by atoms with Gasteiger partial charge in [-0.1, -0.05) is 72.8 Å². The molecule has 0 radical (unpaired) electrons. The first-order valence-electron chi connectivity index (χ1n) is 10.8. The quantitative estimate of drug-likeness (QED) is 0.345. The number of ketones is 2. The van der Waals surface area contributed by atoms with Gasteiger partial charge < -0.3 is 15.8 Å². The van der Waals surface area contributed by atoms with E-state index in [1.807, 2.05) is 48.5 Å². The molecule has 0 amide bonds. The topological polar surface area (TPSA) is 81.4 Å². The number of nitrogens with one attached hydrogen (secondary N) is 1. The molecule has 0 spiro atoms. The number of anilines is 2. The molecule has 0 heterocycles. The molecule has 5 heteroatoms. The van der Waals surface area contributed by atoms with E-state index in [9.17, 15) is 9.59 Å². The summed E-state index contributed by atoms with van der Waals surface area (Å²) in [7, 11) is 0. The number of fused-ring (bicyclic) bond motifs is 2. The minimum Gasteiger partial charge on any atom is -0.455 e. The van der Waals surface area contributed by atoms with Crippen molar-refractivity contribution >= 4 is 22.9 Å². The van der Waals surface area contributed by atoms with Gasteiger partial charge in [-0.3, -0.25) is 9.59 Å². The predicted octanol–water partition coefficient (Wildman–Crippen LogP) is 5.49. The van der Waals surface area contributed by atoms with E-state index >= 15 is 0 Å². The van der Waals surface area contributed by atoms with Crippen molar-refractivity contribution in [2.45, 2.75) is 6.42 Å². The van der Waals surface area contributed by atoms with Crippen LogP contribution in [-0.2, 0) is 6.42 Å². The fourth-order valence-electron chi connectivity index (χ4n) is 4.12. The lowest BCUT2D eigenvalue weighted by Gasteiger charge is -2.24. The van der Waals surface area contributed by atoms with Crippen LogP contribution in [0, 0.1) is 0 Å². The molecule has 4 aromatic carbocycles. The first-order valence-corrected chi connectivity index (χ1v) is 10.8. The highest BCUT2D eigenvalue weighted by Crippen LogP contribution is 2.42. The first kappa shape index (κ1) is 20.5. The van der Waals surface area contributed by atoms with E-state index in [0.29, 0.717) is 40.4 Å². The molecule has 0 bridgehead atoms. The van der Waals surface area contributed by atoms with Crippen molar-refractivity contribution in [3.05, 3.63) is 119 Å². The number of nitrogens with two attached hydrogens (primary N) is 1. The van der Waals surface area contributed by atoms with Crippen LogP contribution in [-0.4, -0.2) is 18.1 Å². The Morgan fingerprint density at radius 1 is 0.727 bits per heavy atom. The van der Waals surface area contributed by atoms with E-state index in [2.05, 4.69) is 17.4 Å². The highest BCUT2D eigenvalue weighted by Gasteiger charge is 2.35. The van der Waals surface area contributed by atoms with E-state index < -0.39 is 0 Å². The zero-order valence-corrected chi connectivity index (χ0v) is 17.9. The summed E-state index contributed by atoms with van der Waals surface area (Å²) in [5, 5.41) is 3.35. The summed E-state index contributed by atoms with van der Waals surface area (Å²) in [4.78, 5) is 26.9. The highest BCUT2D eigenvalue weighted by molar-refractivity contribution is 6.32. The van der Waals surface area contributed by atoms with Crippen molar-refractivity contribution in [1.29, 1.82) is 0 Å². The summed E-state index contributed by atoms with van der Waals surface area (Å²) in [6.07, 6.45) is 0.758. The predicted molar refractivity (Wildman–Crippen MR) is 129 cm³/mol. The number of carbonyl (C=O) groups excluding carboxylic acids is 2. The molecule has 1 aliphatic carbocycles. The molecule has 1 aliphatic rings. The number of hydrogen-bond acceptors (Lipinski definition) is 5. The van der Waals surface area contributed by atoms with Crippen molar-refractivity contribution in [3.63, 3.8) is 0 Å². The molecule has 33 heavy (non-hydrogen) atoms. The summed E-state index contributed by atoms with van der Waals surface area (Å²) in [5.41, 5.74) is 9.52. The van der Waals surface area contributed by atoms with E-state index in [4.69, 9.17) is 10.5 Å². The van der Waals surface area contributed by atoms with Crippen LogP contribution < -0.4 is 15.8 Å². The lowest BCUT2D eigenvalue weighted by atomic mass is 9.82. The van der Waals surface area contributed by atoms with Gasteiger partial charge >= 0.3 is 0 Å². The standard InChI is InChI=1S/C28H22N2O3/c29-26-23(33-19-11-5-2-6-12-19)17-22(30-16-15-18-9-3-1-4-10-18)24-25(26)28(32)21-14-8-7-13-20(21)27(24)31/h1-14,17,30H,15-16,29H2. The zero-order valence-electron chi connectivity index (χ0n) is 17.9. The monoisotopic (exact) mass is 434 g/mol. The summed E-state index contributed by atoms with van der Waals surface area (Å²) in [6, 6.07) is 27.8. The van der Waals surface area contributed by atoms with Crippen molar-refractivity contribution in [3.8, 4) is 11.5 Å². The SMILES string of the molecule is Nc1c(Oc2ccccc2)cc(NCCc2ccccc2)c2c1C(=O)c1ccccc1C2=O. The van der Waals surface area contributed by atoms with Crippen molar-refractivity contribution in [2.24, 2.45) is 0 Å². The average molecular weight is 434 g/mol. The van der Waals surface area contributed by atoms with Crippen molar-refractivity contribution in [2.75, 3.05) is 17.6 Å². The van der Waals surface area contributed by atoms with Crippen LogP contribution in [0.3, 0.4) is 0 Å². The second-order valence-corrected chi connectivity index (χ2v) is 7.87. The molecule has 0 unspecified atom stereocenters. The van der Waals surface area contributed by atoms with Gasteiger partial charge in [-0.2, -0.15) is 0 Å². The Balaban J connectivity index is 1.58. The van der Waals surface area contributed by atoms with E-state index in [1.54, 1.807) is 30.3 Å². The number of ether oxygens (including phenoxy) is 1. The van der Waals surface area contributed by atoms with Gasteiger partial charge in [0.25, 0.3) is 0 Å². The van der Waals surface area contributed by atoms with Crippen LogP contribution in [0.5, 0.6) is 11.5 Å². The molecule has 0 saturated heterocycles. The van der Waals surface area contributed by atoms with Gasteiger partial charge in [0, 0.05) is 29.4 Å². The maximum atomic E-state index is 13.4. The van der Waals surface area contributed by atoms with E-state index in [0.717, 1.165) is 6.42 Å². The fourth-order valence-corrected chi connectivity index (χ4v) is 4.12. The lowest BCUT2D eigenvalue weighted by Crippen LogP contribution is -2.24. The number of para-hydroxylation sites is 1. The summed E-state index contributed by atoms with van der Waals surface area (Å²) < 4.78 is 6.02. The Labute approximate surface area is 191 Å². The number of rotatable bonds is 6. The molecule has 5 nitrogen and oxygen atoms in total. The average Bonchev–Trinajstić information content (AvgIpc) is 2.85. The Kier molecular flexibility index (Phi) is 5.37. The third-order valence-corrected chi connectivity index (χ3v) is 5.74. The van der Waals surface area contributed by atoms with Crippen LogP contribution in [0.4, 0.5) is 11.4 Å². The second-order valence-electron chi connectivity index (χ2n) is 7.87. The van der Waals surface area contributed by atoms with Gasteiger partial charge in [0.1, 0.15) is 5.75 Å². The smallest absolute Gasteiger partial charge is 0.196 e.